The van der Waals surface area contributed by atoms with Crippen LogP contribution in [0.15, 0.2) is 231 Å². The Hall–Kier alpha value is -7.30. The molecule has 11 heteroatoms. The van der Waals surface area contributed by atoms with Crippen LogP contribution < -0.4 is 50.8 Å². The van der Waals surface area contributed by atoms with Crippen molar-refractivity contribution in [1.29, 1.82) is 0 Å². The number of benzene rings is 9. The van der Waals surface area contributed by atoms with Gasteiger partial charge >= 0.3 is 0 Å². The van der Waals surface area contributed by atoms with Gasteiger partial charge in [0.15, 0.2) is 5.52 Å². The second kappa shape index (κ2) is 26.8. The number of ether oxygens (including phenoxy) is 4. The molecule has 0 fully saturated rings. The van der Waals surface area contributed by atoms with E-state index in [2.05, 4.69) is 43.3 Å². The third-order valence-electron chi connectivity index (χ3n) is 12.2. The van der Waals surface area contributed by atoms with Crippen molar-refractivity contribution in [2.75, 3.05) is 28.4 Å². The minimum atomic E-state index is -2.78. The van der Waals surface area contributed by atoms with E-state index in [-0.39, 0.29) is 16.6 Å². The van der Waals surface area contributed by atoms with Gasteiger partial charge < -0.3 is 18.9 Å². The Balaban J connectivity index is 0.000000164. The highest BCUT2D eigenvalue weighted by Gasteiger charge is 2.36. The monoisotopic (exact) mass is 1060 g/mol. The minimum Gasteiger partial charge on any atom is -0.496 e. The van der Waals surface area contributed by atoms with Crippen molar-refractivity contribution in [2.24, 2.45) is 0 Å². The number of rotatable bonds is 16. The lowest BCUT2D eigenvalue weighted by molar-refractivity contribution is 0.107. The van der Waals surface area contributed by atoms with Crippen molar-refractivity contribution in [2.45, 2.75) is 20.8 Å². The second-order valence-electron chi connectivity index (χ2n) is 17.1. The molecule has 0 saturated carbocycles. The fourth-order valence-electron chi connectivity index (χ4n) is 8.76. The molecule has 0 amide bonds. The van der Waals surface area contributed by atoms with Gasteiger partial charge in [0.25, 0.3) is 0 Å². The summed E-state index contributed by atoms with van der Waals surface area (Å²) in [5.74, 6) is 2.00. The van der Waals surface area contributed by atoms with E-state index in [0.29, 0.717) is 34.1 Å². The molecular weight excluding hydrogens is 1010 g/mol. The fourth-order valence-corrected chi connectivity index (χ4v) is 16.7. The van der Waals surface area contributed by atoms with E-state index in [4.69, 9.17) is 30.8 Å². The largest absolute Gasteiger partial charge is 0.496 e. The molecular formula is C64H59O7P3S. The van der Waals surface area contributed by atoms with Crippen molar-refractivity contribution < 1.29 is 33.3 Å². The van der Waals surface area contributed by atoms with Gasteiger partial charge in [-0.1, -0.05) is 224 Å². The summed E-state index contributed by atoms with van der Waals surface area (Å²) in [5, 5.41) is 5.90. The third-order valence-corrected chi connectivity index (χ3v) is 21.3. The van der Waals surface area contributed by atoms with Gasteiger partial charge in [-0.3, -0.25) is 14.4 Å². The first-order chi connectivity index (χ1) is 36.5. The Kier molecular flexibility index (Phi) is 19.8. The topological polar surface area (TPSA) is 88.1 Å². The van der Waals surface area contributed by atoms with Crippen LogP contribution in [0.1, 0.15) is 47.8 Å². The molecule has 0 atom stereocenters. The molecule has 0 aromatic heterocycles. The van der Waals surface area contributed by atoms with Crippen LogP contribution in [0.2, 0.25) is 0 Å². The molecule has 0 radical (unpaired) electrons. The quantitative estimate of drug-likeness (QED) is 0.0885. The summed E-state index contributed by atoms with van der Waals surface area (Å²) in [4.78, 5) is 40.9. The summed E-state index contributed by atoms with van der Waals surface area (Å²) < 4.78 is 21.8. The summed E-state index contributed by atoms with van der Waals surface area (Å²) in [6, 6.07) is 71.3. The highest BCUT2D eigenvalue weighted by molar-refractivity contribution is 8.30. The lowest BCUT2D eigenvalue weighted by atomic mass is 10.0. The zero-order valence-corrected chi connectivity index (χ0v) is 46.5. The maximum Gasteiger partial charge on any atom is 0.209 e. The van der Waals surface area contributed by atoms with Crippen LogP contribution in [0.5, 0.6) is 23.0 Å². The zero-order valence-electron chi connectivity index (χ0n) is 43.0. The molecule has 0 N–H and O–H groups in total. The molecule has 9 rings (SSSR count). The van der Waals surface area contributed by atoms with E-state index in [1.165, 1.54) is 5.56 Å². The molecule has 0 aliphatic heterocycles. The summed E-state index contributed by atoms with van der Waals surface area (Å²) in [7, 11) is 3.92. The average Bonchev–Trinajstić information content (AvgIpc) is 3.46. The zero-order chi connectivity index (χ0) is 53.3. The molecule has 0 unspecified atom stereocenters. The standard InChI is InChI=1S/C22H21OP.C21H19O3PS.C21H19O3P/c1-16-14-17(2)21(18(3)15-16)22(23)24(19-10-6-4-7-11-19)20-12-8-5-9-13-20;1-23-18-14-9-15-19(24-2)20(18)21(22)25(26,16-10-5-3-6-11-16)17-12-7-4-8-13-17;1-23-18-14-9-15-19(24-2)20(18)21(22)25(16-10-5-3-6-11-16)17-12-7-4-8-13-17/h4-15H,1-3H3;3-15H,1-2H3;3-15H,1-2H3. The molecule has 9 aromatic rings. The van der Waals surface area contributed by atoms with Gasteiger partial charge in [-0.15, -0.1) is 0 Å². The highest BCUT2D eigenvalue weighted by atomic mass is 32.4. The Morgan fingerprint density at radius 2 is 0.627 bits per heavy atom. The highest BCUT2D eigenvalue weighted by Crippen LogP contribution is 2.51. The van der Waals surface area contributed by atoms with E-state index >= 15 is 0 Å². The van der Waals surface area contributed by atoms with Crippen LogP contribution in [-0.4, -0.2) is 45.0 Å². The van der Waals surface area contributed by atoms with Crippen LogP contribution in [-0.2, 0) is 11.8 Å². The Bertz CT molecular complexity index is 3190. The first kappa shape index (κ1) is 55.5. The summed E-state index contributed by atoms with van der Waals surface area (Å²) >= 11 is 6.11. The van der Waals surface area contributed by atoms with E-state index < -0.39 is 21.9 Å². The third kappa shape index (κ3) is 13.0. The first-order valence-corrected chi connectivity index (χ1v) is 29.6. The van der Waals surface area contributed by atoms with Crippen molar-refractivity contribution >= 4 is 82.1 Å². The van der Waals surface area contributed by atoms with Crippen LogP contribution in [0.4, 0.5) is 0 Å². The first-order valence-electron chi connectivity index (χ1n) is 24.1. The molecule has 0 bridgehead atoms. The van der Waals surface area contributed by atoms with Gasteiger partial charge in [0.05, 0.1) is 34.5 Å². The van der Waals surface area contributed by atoms with E-state index in [9.17, 15) is 14.4 Å². The predicted molar refractivity (Wildman–Crippen MR) is 317 cm³/mol. The molecule has 378 valence electrons. The maximum atomic E-state index is 13.8. The van der Waals surface area contributed by atoms with Crippen molar-refractivity contribution in [1.82, 2.24) is 0 Å². The molecule has 0 spiro atoms. The number of hydrogen-bond donors (Lipinski definition) is 0. The fraction of sp³-hybridized carbons (Fsp3) is 0.109. The van der Waals surface area contributed by atoms with Crippen molar-refractivity contribution in [3.05, 3.63) is 264 Å². The second-order valence-corrected chi connectivity index (χ2v) is 25.6. The molecule has 0 saturated heterocycles. The van der Waals surface area contributed by atoms with Gasteiger partial charge in [-0.05, 0) is 88.0 Å². The van der Waals surface area contributed by atoms with Gasteiger partial charge in [0, 0.05) is 21.4 Å². The molecule has 0 aliphatic rings. The van der Waals surface area contributed by atoms with E-state index in [0.717, 1.165) is 48.5 Å². The smallest absolute Gasteiger partial charge is 0.209 e. The number of carbonyl (C=O) groups is 3. The van der Waals surface area contributed by atoms with Crippen LogP contribution in [0.3, 0.4) is 0 Å². The van der Waals surface area contributed by atoms with Gasteiger partial charge in [0.1, 0.15) is 34.1 Å². The number of methoxy groups -OCH3 is 4. The molecule has 0 aliphatic carbocycles. The SMILES string of the molecule is COc1cccc(OC)c1C(=O)P(=S)(c1ccccc1)c1ccccc1.COc1cccc(OC)c1C(=O)P(c1ccccc1)c1ccccc1.Cc1cc(C)c(C(=O)P(c2ccccc2)c2ccccc2)c(C)c1. The number of carbonyl (C=O) groups excluding carboxylic acids is 3. The van der Waals surface area contributed by atoms with Crippen molar-refractivity contribution in [3.63, 3.8) is 0 Å². The summed E-state index contributed by atoms with van der Waals surface area (Å²) in [6.45, 7) is 6.15. The normalized spacial score (nSPS) is 10.8. The van der Waals surface area contributed by atoms with E-state index in [1.807, 2.05) is 178 Å². The van der Waals surface area contributed by atoms with Gasteiger partial charge in [0.2, 0.25) is 11.0 Å². The van der Waals surface area contributed by atoms with Crippen LogP contribution >= 0.6 is 21.9 Å². The van der Waals surface area contributed by atoms with Crippen LogP contribution in [0, 0.1) is 20.8 Å². The number of aryl methyl sites for hydroxylation is 3. The van der Waals surface area contributed by atoms with Gasteiger partial charge in [-0.2, -0.15) is 0 Å². The predicted octanol–water partition coefficient (Wildman–Crippen LogP) is 12.8. The Morgan fingerprint density at radius 3 is 0.920 bits per heavy atom. The number of hydrogen-bond acceptors (Lipinski definition) is 8. The summed E-state index contributed by atoms with van der Waals surface area (Å²) in [6.07, 6.45) is 0. The minimum absolute atomic E-state index is 0.0155. The Morgan fingerprint density at radius 1 is 0.360 bits per heavy atom. The summed E-state index contributed by atoms with van der Waals surface area (Å²) in [5.41, 5.74) is 5.21. The molecule has 9 aromatic carbocycles. The Labute approximate surface area is 449 Å². The lowest BCUT2D eigenvalue weighted by Gasteiger charge is -2.24. The van der Waals surface area contributed by atoms with E-state index in [1.54, 1.807) is 58.8 Å². The maximum absolute atomic E-state index is 13.8. The van der Waals surface area contributed by atoms with Crippen LogP contribution in [0.25, 0.3) is 0 Å². The van der Waals surface area contributed by atoms with Gasteiger partial charge in [-0.25, -0.2) is 0 Å². The average molecular weight is 1070 g/mol. The molecule has 7 nitrogen and oxygen atoms in total. The molecule has 75 heavy (non-hydrogen) atoms. The molecule has 0 heterocycles. The van der Waals surface area contributed by atoms with Crippen molar-refractivity contribution in [3.8, 4) is 23.0 Å². The lowest BCUT2D eigenvalue weighted by Crippen LogP contribution is -2.23.